The fraction of sp³-hybridized carbons (Fsp3) is 0.588. The van der Waals surface area contributed by atoms with Gasteiger partial charge in [0, 0.05) is 11.5 Å². The number of hydrogen-bond acceptors (Lipinski definition) is 1. The molecule has 1 aliphatic rings. The molecule has 1 heteroatoms. The van der Waals surface area contributed by atoms with E-state index in [4.69, 9.17) is 0 Å². The molecule has 1 nitrogen and oxygen atoms in total. The summed E-state index contributed by atoms with van der Waals surface area (Å²) in [6, 6.07) is 2.20. The number of carbonyl (C=O) groups is 1. The van der Waals surface area contributed by atoms with E-state index in [1.165, 1.54) is 41.5 Å². The van der Waals surface area contributed by atoms with Crippen LogP contribution in [0.2, 0.25) is 0 Å². The molecule has 0 aliphatic heterocycles. The van der Waals surface area contributed by atoms with E-state index in [0.717, 1.165) is 18.4 Å². The van der Waals surface area contributed by atoms with Gasteiger partial charge in [0.05, 0.1) is 0 Å². The Morgan fingerprint density at radius 2 is 1.44 bits per heavy atom. The summed E-state index contributed by atoms with van der Waals surface area (Å²) in [5.41, 5.74) is 5.89. The summed E-state index contributed by atoms with van der Waals surface area (Å²) in [7, 11) is 0. The molecular formula is C17H24O. The van der Waals surface area contributed by atoms with E-state index in [1.807, 2.05) is 0 Å². The van der Waals surface area contributed by atoms with Crippen molar-refractivity contribution in [1.29, 1.82) is 0 Å². The van der Waals surface area contributed by atoms with Crippen molar-refractivity contribution in [1.82, 2.24) is 0 Å². The molecule has 1 saturated carbocycles. The van der Waals surface area contributed by atoms with Crippen LogP contribution >= 0.6 is 0 Å². The van der Waals surface area contributed by atoms with E-state index in [9.17, 15) is 4.79 Å². The first-order valence-electron chi connectivity index (χ1n) is 7.14. The summed E-state index contributed by atoms with van der Waals surface area (Å²) >= 11 is 0. The first kappa shape index (κ1) is 13.3. The number of Topliss-reactive ketones (excluding diaryl/α,β-unsaturated/α-hetero) is 1. The van der Waals surface area contributed by atoms with Crippen LogP contribution in [0.4, 0.5) is 0 Å². The molecular weight excluding hydrogens is 220 g/mol. The maximum Gasteiger partial charge on any atom is 0.166 e. The van der Waals surface area contributed by atoms with Gasteiger partial charge in [0.25, 0.3) is 0 Å². The Labute approximate surface area is 111 Å². The van der Waals surface area contributed by atoms with Crippen molar-refractivity contribution in [2.45, 2.75) is 59.8 Å². The van der Waals surface area contributed by atoms with E-state index >= 15 is 0 Å². The zero-order chi connectivity index (χ0) is 13.3. The van der Waals surface area contributed by atoms with Gasteiger partial charge in [0.15, 0.2) is 5.78 Å². The Hall–Kier alpha value is -1.11. The highest BCUT2D eigenvalue weighted by atomic mass is 16.1. The van der Waals surface area contributed by atoms with Crippen LogP contribution in [0.25, 0.3) is 0 Å². The van der Waals surface area contributed by atoms with Crippen LogP contribution in [-0.2, 0) is 0 Å². The first-order chi connectivity index (χ1) is 8.52. The van der Waals surface area contributed by atoms with Crippen LogP contribution in [0.1, 0.15) is 64.7 Å². The van der Waals surface area contributed by atoms with Gasteiger partial charge in [-0.2, -0.15) is 0 Å². The van der Waals surface area contributed by atoms with Crippen molar-refractivity contribution >= 4 is 5.78 Å². The summed E-state index contributed by atoms with van der Waals surface area (Å²) in [5.74, 6) is 0.675. The third-order valence-electron chi connectivity index (χ3n) is 4.59. The average Bonchev–Trinajstić information content (AvgIpc) is 2.37. The third-order valence-corrected chi connectivity index (χ3v) is 4.59. The van der Waals surface area contributed by atoms with Crippen LogP contribution in [0.3, 0.4) is 0 Å². The molecule has 0 aromatic heterocycles. The van der Waals surface area contributed by atoms with Crippen molar-refractivity contribution in [2.75, 3.05) is 0 Å². The van der Waals surface area contributed by atoms with Crippen LogP contribution in [0, 0.1) is 33.6 Å². The fourth-order valence-electron chi connectivity index (χ4n) is 3.16. The normalized spacial score (nSPS) is 16.9. The lowest BCUT2D eigenvalue weighted by Crippen LogP contribution is -2.20. The Morgan fingerprint density at radius 1 is 0.944 bits per heavy atom. The van der Waals surface area contributed by atoms with Gasteiger partial charge in [-0.1, -0.05) is 25.3 Å². The second-order valence-electron chi connectivity index (χ2n) is 5.83. The lowest BCUT2D eigenvalue weighted by Gasteiger charge is -2.23. The Bertz CT molecular complexity index is 439. The van der Waals surface area contributed by atoms with Crippen LogP contribution < -0.4 is 0 Å². The zero-order valence-corrected chi connectivity index (χ0v) is 12.1. The molecule has 0 atom stereocenters. The van der Waals surface area contributed by atoms with Crippen LogP contribution in [-0.4, -0.2) is 5.78 Å². The number of aryl methyl sites for hydroxylation is 2. The van der Waals surface area contributed by atoms with Gasteiger partial charge in [-0.15, -0.1) is 0 Å². The van der Waals surface area contributed by atoms with Gasteiger partial charge in [-0.05, 0) is 62.8 Å². The highest BCUT2D eigenvalue weighted by Crippen LogP contribution is 2.31. The van der Waals surface area contributed by atoms with Crippen molar-refractivity contribution in [3.05, 3.63) is 33.9 Å². The summed E-state index contributed by atoms with van der Waals surface area (Å²) in [6.45, 7) is 8.41. The zero-order valence-electron chi connectivity index (χ0n) is 12.1. The predicted molar refractivity (Wildman–Crippen MR) is 76.3 cm³/mol. The lowest BCUT2D eigenvalue weighted by atomic mass is 9.80. The summed E-state index contributed by atoms with van der Waals surface area (Å²) in [5, 5.41) is 0. The molecule has 0 spiro atoms. The van der Waals surface area contributed by atoms with Crippen molar-refractivity contribution in [2.24, 2.45) is 5.92 Å². The second-order valence-corrected chi connectivity index (χ2v) is 5.83. The summed E-state index contributed by atoms with van der Waals surface area (Å²) in [4.78, 5) is 12.7. The van der Waals surface area contributed by atoms with E-state index in [-0.39, 0.29) is 5.92 Å². The number of carbonyl (C=O) groups excluding carboxylic acids is 1. The van der Waals surface area contributed by atoms with Gasteiger partial charge in [-0.25, -0.2) is 0 Å². The minimum Gasteiger partial charge on any atom is -0.294 e. The largest absolute Gasteiger partial charge is 0.294 e. The lowest BCUT2D eigenvalue weighted by molar-refractivity contribution is 0.0888. The van der Waals surface area contributed by atoms with Crippen molar-refractivity contribution in [3.63, 3.8) is 0 Å². The Morgan fingerprint density at radius 3 is 1.94 bits per heavy atom. The van der Waals surface area contributed by atoms with E-state index < -0.39 is 0 Å². The molecule has 98 valence electrons. The first-order valence-corrected chi connectivity index (χ1v) is 7.14. The molecule has 0 unspecified atom stereocenters. The monoisotopic (exact) mass is 244 g/mol. The van der Waals surface area contributed by atoms with Crippen molar-refractivity contribution < 1.29 is 4.79 Å². The third kappa shape index (κ3) is 2.36. The molecule has 0 heterocycles. The van der Waals surface area contributed by atoms with E-state index in [0.29, 0.717) is 5.78 Å². The standard InChI is InChI=1S/C17H24O/c1-11-10-12(2)14(4)16(13(11)3)17(18)15-8-6-5-7-9-15/h10,15H,5-9H2,1-4H3. The minimum absolute atomic E-state index is 0.275. The number of benzene rings is 1. The molecule has 18 heavy (non-hydrogen) atoms. The van der Waals surface area contributed by atoms with E-state index in [2.05, 4.69) is 33.8 Å². The maximum absolute atomic E-state index is 12.7. The molecule has 0 saturated heterocycles. The van der Waals surface area contributed by atoms with Gasteiger partial charge in [-0.3, -0.25) is 4.79 Å². The molecule has 0 bridgehead atoms. The average molecular weight is 244 g/mol. The molecule has 0 N–H and O–H groups in total. The molecule has 2 rings (SSSR count). The van der Waals surface area contributed by atoms with E-state index in [1.54, 1.807) is 0 Å². The SMILES string of the molecule is Cc1cc(C)c(C)c(C(=O)C2CCCCC2)c1C. The quantitative estimate of drug-likeness (QED) is 0.690. The number of ketones is 1. The highest BCUT2D eigenvalue weighted by molar-refractivity contribution is 6.01. The smallest absolute Gasteiger partial charge is 0.166 e. The highest BCUT2D eigenvalue weighted by Gasteiger charge is 2.25. The van der Waals surface area contributed by atoms with Crippen LogP contribution in [0.5, 0.6) is 0 Å². The van der Waals surface area contributed by atoms with Gasteiger partial charge in [0.1, 0.15) is 0 Å². The summed E-state index contributed by atoms with van der Waals surface area (Å²) < 4.78 is 0. The molecule has 0 amide bonds. The van der Waals surface area contributed by atoms with Gasteiger partial charge >= 0.3 is 0 Å². The Balaban J connectivity index is 2.40. The minimum atomic E-state index is 0.275. The van der Waals surface area contributed by atoms with Gasteiger partial charge < -0.3 is 0 Å². The molecule has 1 fully saturated rings. The molecule has 1 aromatic rings. The predicted octanol–water partition coefficient (Wildman–Crippen LogP) is 4.68. The number of rotatable bonds is 2. The molecule has 1 aromatic carbocycles. The van der Waals surface area contributed by atoms with Crippen molar-refractivity contribution in [3.8, 4) is 0 Å². The van der Waals surface area contributed by atoms with Crippen LogP contribution in [0.15, 0.2) is 6.07 Å². The fourth-order valence-corrected chi connectivity index (χ4v) is 3.16. The topological polar surface area (TPSA) is 17.1 Å². The maximum atomic E-state index is 12.7. The van der Waals surface area contributed by atoms with Gasteiger partial charge in [0.2, 0.25) is 0 Å². The second kappa shape index (κ2) is 5.26. The summed E-state index contributed by atoms with van der Waals surface area (Å²) in [6.07, 6.45) is 5.92. The molecule has 0 radical (unpaired) electrons. The number of hydrogen-bond donors (Lipinski definition) is 0. The molecule has 1 aliphatic carbocycles. The Kier molecular flexibility index (Phi) is 3.89.